The van der Waals surface area contributed by atoms with Crippen LogP contribution in [-0.4, -0.2) is 37.1 Å². The molecule has 1 fully saturated rings. The summed E-state index contributed by atoms with van der Waals surface area (Å²) in [5.41, 5.74) is 1.22. The monoisotopic (exact) mass is 272 g/mol. The van der Waals surface area contributed by atoms with Gasteiger partial charge in [-0.3, -0.25) is 4.79 Å². The van der Waals surface area contributed by atoms with E-state index in [-0.39, 0.29) is 5.91 Å². The number of nitrogens with zero attached hydrogens (tertiary/aromatic N) is 2. The van der Waals surface area contributed by atoms with Crippen LogP contribution in [0.5, 0.6) is 0 Å². The van der Waals surface area contributed by atoms with E-state index in [0.717, 1.165) is 37.7 Å². The second-order valence-corrected chi connectivity index (χ2v) is 4.58. The van der Waals surface area contributed by atoms with Crippen LogP contribution in [0.3, 0.4) is 0 Å². The first kappa shape index (κ1) is 12.7. The molecule has 104 valence electrons. The van der Waals surface area contributed by atoms with Crippen molar-refractivity contribution in [2.45, 2.75) is 0 Å². The highest BCUT2D eigenvalue weighted by Crippen LogP contribution is 2.23. The Hall–Kier alpha value is -2.34. The quantitative estimate of drug-likeness (QED) is 0.882. The summed E-state index contributed by atoms with van der Waals surface area (Å²) < 4.78 is 4.92. The number of aromatic nitrogens is 1. The summed E-state index contributed by atoms with van der Waals surface area (Å²) in [5, 5.41) is 6.18. The molecule has 6 nitrogen and oxygen atoms in total. The molecule has 1 saturated heterocycles. The fourth-order valence-corrected chi connectivity index (χ4v) is 2.21. The Labute approximate surface area is 116 Å². The van der Waals surface area contributed by atoms with Crippen LogP contribution in [0.15, 0.2) is 41.3 Å². The lowest BCUT2D eigenvalue weighted by atomic mass is 10.2. The van der Waals surface area contributed by atoms with Crippen LogP contribution in [-0.2, 0) is 0 Å². The van der Waals surface area contributed by atoms with E-state index in [2.05, 4.69) is 20.5 Å². The van der Waals surface area contributed by atoms with E-state index in [1.807, 2.05) is 12.1 Å². The first-order valence-electron chi connectivity index (χ1n) is 6.59. The molecule has 1 aliphatic heterocycles. The zero-order valence-electron chi connectivity index (χ0n) is 11.0. The Morgan fingerprint density at radius 3 is 2.95 bits per heavy atom. The van der Waals surface area contributed by atoms with Gasteiger partial charge < -0.3 is 20.0 Å². The molecular weight excluding hydrogens is 256 g/mol. The van der Waals surface area contributed by atoms with Gasteiger partial charge in [-0.1, -0.05) is 0 Å². The Balaban J connectivity index is 1.80. The molecule has 0 unspecified atom stereocenters. The Kier molecular flexibility index (Phi) is 3.64. The molecule has 6 heteroatoms. The van der Waals surface area contributed by atoms with Gasteiger partial charge in [-0.15, -0.1) is 0 Å². The molecule has 0 bridgehead atoms. The third-order valence-electron chi connectivity index (χ3n) is 3.23. The number of rotatable bonds is 3. The van der Waals surface area contributed by atoms with Gasteiger partial charge in [0.05, 0.1) is 17.5 Å². The number of carbonyl (C=O) groups is 1. The zero-order valence-corrected chi connectivity index (χ0v) is 11.0. The van der Waals surface area contributed by atoms with Crippen molar-refractivity contribution in [3.05, 3.63) is 42.5 Å². The van der Waals surface area contributed by atoms with Crippen molar-refractivity contribution >= 4 is 17.4 Å². The average molecular weight is 272 g/mol. The lowest BCUT2D eigenvalue weighted by Crippen LogP contribution is -2.44. The van der Waals surface area contributed by atoms with Gasteiger partial charge in [0, 0.05) is 32.4 Å². The molecule has 2 aromatic rings. The van der Waals surface area contributed by atoms with Crippen LogP contribution in [0.2, 0.25) is 0 Å². The van der Waals surface area contributed by atoms with Gasteiger partial charge in [0.25, 0.3) is 5.91 Å². The van der Waals surface area contributed by atoms with Crippen LogP contribution in [0.25, 0.3) is 0 Å². The molecule has 1 aliphatic rings. The van der Waals surface area contributed by atoms with Crippen molar-refractivity contribution in [3.63, 3.8) is 0 Å². The van der Waals surface area contributed by atoms with Gasteiger partial charge in [0.15, 0.2) is 5.82 Å². The molecule has 0 spiro atoms. The van der Waals surface area contributed by atoms with Crippen LogP contribution >= 0.6 is 0 Å². The number of amides is 1. The van der Waals surface area contributed by atoms with E-state index >= 15 is 0 Å². The summed E-state index contributed by atoms with van der Waals surface area (Å²) in [6.07, 6.45) is 4.65. The molecule has 1 amide bonds. The number of piperazine rings is 1. The maximum atomic E-state index is 12.1. The molecule has 0 aromatic carbocycles. The van der Waals surface area contributed by atoms with E-state index in [0.29, 0.717) is 5.56 Å². The van der Waals surface area contributed by atoms with Crippen LogP contribution < -0.4 is 15.5 Å². The largest absolute Gasteiger partial charge is 0.472 e. The number of hydrogen-bond acceptors (Lipinski definition) is 5. The minimum absolute atomic E-state index is 0.192. The van der Waals surface area contributed by atoms with Gasteiger partial charge in [0.1, 0.15) is 6.26 Å². The summed E-state index contributed by atoms with van der Waals surface area (Å²) in [6, 6.07) is 5.31. The highest BCUT2D eigenvalue weighted by Gasteiger charge is 2.17. The predicted octanol–water partition coefficient (Wildman–Crippen LogP) is 1.34. The fourth-order valence-electron chi connectivity index (χ4n) is 2.21. The molecule has 3 rings (SSSR count). The summed E-state index contributed by atoms with van der Waals surface area (Å²) in [6.45, 7) is 3.61. The number of hydrogen-bond donors (Lipinski definition) is 2. The van der Waals surface area contributed by atoms with Crippen molar-refractivity contribution < 1.29 is 9.21 Å². The number of carbonyl (C=O) groups excluding carboxylic acids is 1. The maximum Gasteiger partial charge on any atom is 0.259 e. The van der Waals surface area contributed by atoms with Gasteiger partial charge in [0.2, 0.25) is 0 Å². The highest BCUT2D eigenvalue weighted by atomic mass is 16.3. The van der Waals surface area contributed by atoms with Crippen molar-refractivity contribution in [2.24, 2.45) is 0 Å². The fraction of sp³-hybridized carbons (Fsp3) is 0.286. The van der Waals surface area contributed by atoms with E-state index < -0.39 is 0 Å². The van der Waals surface area contributed by atoms with Gasteiger partial charge in [-0.05, 0) is 18.2 Å². The summed E-state index contributed by atoms with van der Waals surface area (Å²) in [4.78, 5) is 18.6. The molecule has 3 heterocycles. The number of furan rings is 1. The highest BCUT2D eigenvalue weighted by molar-refractivity contribution is 6.05. The normalized spacial score (nSPS) is 15.1. The molecule has 0 atom stereocenters. The SMILES string of the molecule is O=C(Nc1cccnc1N1CCNCC1)c1ccoc1. The summed E-state index contributed by atoms with van der Waals surface area (Å²) in [7, 11) is 0. The second-order valence-electron chi connectivity index (χ2n) is 4.58. The van der Waals surface area contributed by atoms with E-state index in [1.54, 1.807) is 12.3 Å². The van der Waals surface area contributed by atoms with Crippen LogP contribution in [0.4, 0.5) is 11.5 Å². The van der Waals surface area contributed by atoms with Crippen LogP contribution in [0, 0.1) is 0 Å². The first-order chi connectivity index (χ1) is 9.84. The third kappa shape index (κ3) is 2.65. The molecule has 0 radical (unpaired) electrons. The second kappa shape index (κ2) is 5.75. The lowest BCUT2D eigenvalue weighted by Gasteiger charge is -2.29. The summed E-state index contributed by atoms with van der Waals surface area (Å²) >= 11 is 0. The van der Waals surface area contributed by atoms with Crippen molar-refractivity contribution in [1.29, 1.82) is 0 Å². The maximum absolute atomic E-state index is 12.1. The Morgan fingerprint density at radius 1 is 1.35 bits per heavy atom. The van der Waals surface area contributed by atoms with Crippen molar-refractivity contribution in [2.75, 3.05) is 36.4 Å². The standard InChI is InChI=1S/C14H16N4O2/c19-14(11-3-9-20-10-11)17-12-2-1-4-16-13(12)18-7-5-15-6-8-18/h1-4,9-10,15H,5-8H2,(H,17,19). The van der Waals surface area contributed by atoms with Crippen molar-refractivity contribution in [3.8, 4) is 0 Å². The minimum atomic E-state index is -0.192. The molecule has 20 heavy (non-hydrogen) atoms. The average Bonchev–Trinajstić information content (AvgIpc) is 3.03. The topological polar surface area (TPSA) is 70.4 Å². The van der Waals surface area contributed by atoms with E-state index in [1.165, 1.54) is 12.5 Å². The van der Waals surface area contributed by atoms with E-state index in [9.17, 15) is 4.79 Å². The molecule has 0 aliphatic carbocycles. The van der Waals surface area contributed by atoms with Gasteiger partial charge in [-0.2, -0.15) is 0 Å². The molecule has 2 aromatic heterocycles. The molecule has 0 saturated carbocycles. The van der Waals surface area contributed by atoms with Gasteiger partial charge >= 0.3 is 0 Å². The third-order valence-corrected chi connectivity index (χ3v) is 3.23. The number of anilines is 2. The number of nitrogens with one attached hydrogen (secondary N) is 2. The van der Waals surface area contributed by atoms with Crippen LogP contribution in [0.1, 0.15) is 10.4 Å². The van der Waals surface area contributed by atoms with Gasteiger partial charge in [-0.25, -0.2) is 4.98 Å². The molecular formula is C14H16N4O2. The molecule has 2 N–H and O–H groups in total. The Bertz CT molecular complexity index is 577. The smallest absolute Gasteiger partial charge is 0.259 e. The minimum Gasteiger partial charge on any atom is -0.472 e. The predicted molar refractivity (Wildman–Crippen MR) is 76.0 cm³/mol. The Morgan fingerprint density at radius 2 is 2.20 bits per heavy atom. The van der Waals surface area contributed by atoms with E-state index in [4.69, 9.17) is 4.42 Å². The van der Waals surface area contributed by atoms with Crippen molar-refractivity contribution in [1.82, 2.24) is 10.3 Å². The first-order valence-corrected chi connectivity index (χ1v) is 6.59. The number of pyridine rings is 1. The zero-order chi connectivity index (χ0) is 13.8. The lowest BCUT2D eigenvalue weighted by molar-refractivity contribution is 0.102. The summed E-state index contributed by atoms with van der Waals surface area (Å²) in [5.74, 6) is 0.619.